The molecule has 0 unspecified atom stereocenters. The molecule has 0 aliphatic heterocycles. The Labute approximate surface area is 119 Å². The quantitative estimate of drug-likeness (QED) is 0.852. The number of esters is 1. The molecule has 0 aliphatic carbocycles. The van der Waals surface area contributed by atoms with Crippen molar-refractivity contribution in [2.75, 3.05) is 11.8 Å². The van der Waals surface area contributed by atoms with Crippen LogP contribution >= 0.6 is 0 Å². The van der Waals surface area contributed by atoms with Crippen LogP contribution < -0.4 is 4.72 Å². The van der Waals surface area contributed by atoms with Gasteiger partial charge in [0.15, 0.2) is 11.5 Å². The van der Waals surface area contributed by atoms with Crippen LogP contribution in [0.5, 0.6) is 0 Å². The van der Waals surface area contributed by atoms with Gasteiger partial charge in [-0.15, -0.1) is 0 Å². The fourth-order valence-corrected chi connectivity index (χ4v) is 2.49. The van der Waals surface area contributed by atoms with Crippen molar-refractivity contribution in [3.63, 3.8) is 0 Å². The Bertz CT molecular complexity index is 765. The van der Waals surface area contributed by atoms with E-state index in [0.717, 1.165) is 19.4 Å². The third kappa shape index (κ3) is 3.31. The Hall–Kier alpha value is -2.55. The van der Waals surface area contributed by atoms with Crippen LogP contribution in [0.2, 0.25) is 0 Å². The molecule has 0 atom stereocenters. The molecule has 2 aromatic rings. The van der Waals surface area contributed by atoms with Crippen molar-refractivity contribution in [1.29, 1.82) is 0 Å². The van der Waals surface area contributed by atoms with Crippen molar-refractivity contribution < 1.29 is 22.3 Å². The number of methoxy groups -OCH3 is 1. The zero-order valence-corrected chi connectivity index (χ0v) is 11.6. The third-order valence-electron chi connectivity index (χ3n) is 2.43. The molecule has 0 saturated heterocycles. The van der Waals surface area contributed by atoms with Crippen LogP contribution in [0.4, 0.5) is 10.1 Å². The summed E-state index contributed by atoms with van der Waals surface area (Å²) in [5.74, 6) is -1.94. The lowest BCUT2D eigenvalue weighted by Gasteiger charge is -2.08. The van der Waals surface area contributed by atoms with Crippen LogP contribution in [0.1, 0.15) is 10.5 Å². The molecule has 0 bridgehead atoms. The van der Waals surface area contributed by atoms with Crippen molar-refractivity contribution >= 4 is 21.7 Å². The predicted octanol–water partition coefficient (Wildman–Crippen LogP) is 1.20. The van der Waals surface area contributed by atoms with Gasteiger partial charge in [-0.05, 0) is 12.1 Å². The highest BCUT2D eigenvalue weighted by atomic mass is 32.2. The summed E-state index contributed by atoms with van der Waals surface area (Å²) in [6.07, 6.45) is 3.65. The lowest BCUT2D eigenvalue weighted by molar-refractivity contribution is 0.0588. The number of pyridine rings is 2. The molecule has 2 rings (SSSR count). The first-order chi connectivity index (χ1) is 9.94. The Kier molecular flexibility index (Phi) is 4.13. The number of nitrogens with zero attached hydrogens (tertiary/aromatic N) is 2. The molecule has 9 heteroatoms. The van der Waals surface area contributed by atoms with Crippen molar-refractivity contribution in [2.24, 2.45) is 0 Å². The van der Waals surface area contributed by atoms with Crippen LogP contribution in [0.15, 0.2) is 41.7 Å². The fourth-order valence-electron chi connectivity index (χ4n) is 1.47. The van der Waals surface area contributed by atoms with Crippen molar-refractivity contribution in [1.82, 2.24) is 9.97 Å². The summed E-state index contributed by atoms with van der Waals surface area (Å²) >= 11 is 0. The molecule has 0 aromatic carbocycles. The molecule has 1 N–H and O–H groups in total. The van der Waals surface area contributed by atoms with E-state index in [2.05, 4.69) is 19.4 Å². The smallest absolute Gasteiger partial charge is 0.359 e. The molecule has 2 aromatic heterocycles. The van der Waals surface area contributed by atoms with Gasteiger partial charge in [-0.3, -0.25) is 9.71 Å². The molecule has 110 valence electrons. The first-order valence-corrected chi connectivity index (χ1v) is 7.09. The van der Waals surface area contributed by atoms with Crippen molar-refractivity contribution in [3.05, 3.63) is 48.3 Å². The van der Waals surface area contributed by atoms with E-state index in [1.54, 1.807) is 0 Å². The monoisotopic (exact) mass is 311 g/mol. The first-order valence-electron chi connectivity index (χ1n) is 5.61. The molecule has 0 spiro atoms. The largest absolute Gasteiger partial charge is 0.464 e. The van der Waals surface area contributed by atoms with Crippen molar-refractivity contribution in [3.8, 4) is 0 Å². The summed E-state index contributed by atoms with van der Waals surface area (Å²) < 4.78 is 44.2. The van der Waals surface area contributed by atoms with E-state index in [4.69, 9.17) is 0 Å². The van der Waals surface area contributed by atoms with Gasteiger partial charge in [0, 0.05) is 18.5 Å². The van der Waals surface area contributed by atoms with E-state index in [1.165, 1.54) is 24.5 Å². The lowest BCUT2D eigenvalue weighted by Crippen LogP contribution is -2.14. The van der Waals surface area contributed by atoms with E-state index in [1.807, 2.05) is 0 Å². The maximum absolute atomic E-state index is 13.7. The van der Waals surface area contributed by atoms with Crippen LogP contribution in [-0.4, -0.2) is 31.5 Å². The second kappa shape index (κ2) is 5.83. The zero-order chi connectivity index (χ0) is 15.5. The number of hydrogen-bond donors (Lipinski definition) is 1. The molecule has 0 saturated carbocycles. The summed E-state index contributed by atoms with van der Waals surface area (Å²) in [6.45, 7) is 0. The fraction of sp³-hybridized carbons (Fsp3) is 0.0833. The summed E-state index contributed by atoms with van der Waals surface area (Å²) in [4.78, 5) is 18.4. The average molecular weight is 311 g/mol. The number of sulfonamides is 1. The number of carbonyl (C=O) groups is 1. The second-order valence-corrected chi connectivity index (χ2v) is 5.52. The molecule has 0 amide bonds. The van der Waals surface area contributed by atoms with Gasteiger partial charge < -0.3 is 4.74 Å². The van der Waals surface area contributed by atoms with Gasteiger partial charge in [0.1, 0.15) is 0 Å². The van der Waals surface area contributed by atoms with Gasteiger partial charge in [-0.2, -0.15) is 0 Å². The Balaban J connectivity index is 2.29. The maximum Gasteiger partial charge on any atom is 0.359 e. The van der Waals surface area contributed by atoms with Crippen LogP contribution in [-0.2, 0) is 14.8 Å². The number of nitrogens with one attached hydrogen (secondary N) is 1. The summed E-state index contributed by atoms with van der Waals surface area (Å²) in [6, 6.07) is 3.42. The highest BCUT2D eigenvalue weighted by molar-refractivity contribution is 7.92. The number of rotatable bonds is 4. The highest BCUT2D eigenvalue weighted by Gasteiger charge is 2.18. The van der Waals surface area contributed by atoms with E-state index in [0.29, 0.717) is 0 Å². The van der Waals surface area contributed by atoms with E-state index >= 15 is 0 Å². The molecule has 7 nitrogen and oxygen atoms in total. The third-order valence-corrected chi connectivity index (χ3v) is 3.83. The van der Waals surface area contributed by atoms with E-state index in [9.17, 15) is 17.6 Å². The summed E-state index contributed by atoms with van der Waals surface area (Å²) in [5.41, 5.74) is -0.638. The lowest BCUT2D eigenvalue weighted by atomic mass is 10.3. The van der Waals surface area contributed by atoms with Crippen molar-refractivity contribution in [2.45, 2.75) is 4.90 Å². The number of halogens is 1. The number of ether oxygens (including phenoxy) is 1. The van der Waals surface area contributed by atoms with Gasteiger partial charge in [0.25, 0.3) is 10.0 Å². The normalized spacial score (nSPS) is 11.0. The van der Waals surface area contributed by atoms with Gasteiger partial charge in [0.2, 0.25) is 0 Å². The van der Waals surface area contributed by atoms with E-state index in [-0.39, 0.29) is 10.6 Å². The van der Waals surface area contributed by atoms with Gasteiger partial charge in [-0.25, -0.2) is 22.6 Å². The Morgan fingerprint density at radius 2 is 2.00 bits per heavy atom. The predicted molar refractivity (Wildman–Crippen MR) is 70.6 cm³/mol. The topological polar surface area (TPSA) is 98.2 Å². The number of hydrogen-bond acceptors (Lipinski definition) is 6. The molecule has 0 aliphatic rings. The molecule has 0 fully saturated rings. The average Bonchev–Trinajstić information content (AvgIpc) is 2.47. The minimum atomic E-state index is -3.88. The van der Waals surface area contributed by atoms with Gasteiger partial charge >= 0.3 is 5.97 Å². The Morgan fingerprint density at radius 1 is 1.33 bits per heavy atom. The van der Waals surface area contributed by atoms with Gasteiger partial charge in [-0.1, -0.05) is 0 Å². The second-order valence-electron chi connectivity index (χ2n) is 3.83. The molecular formula is C12H10FN3O4S. The number of carbonyl (C=O) groups excluding carboxylic acids is 1. The molecule has 2 heterocycles. The molecule has 0 radical (unpaired) electrons. The van der Waals surface area contributed by atoms with Gasteiger partial charge in [0.05, 0.1) is 23.9 Å². The Morgan fingerprint density at radius 3 is 2.57 bits per heavy atom. The number of aromatic nitrogens is 2. The number of anilines is 1. The maximum atomic E-state index is 13.7. The minimum absolute atomic E-state index is 0.0325. The van der Waals surface area contributed by atoms with Crippen LogP contribution in [0.3, 0.4) is 0 Å². The zero-order valence-electron chi connectivity index (χ0n) is 10.8. The van der Waals surface area contributed by atoms with Crippen LogP contribution in [0, 0.1) is 5.82 Å². The highest BCUT2D eigenvalue weighted by Crippen LogP contribution is 2.17. The van der Waals surface area contributed by atoms with Crippen LogP contribution in [0.25, 0.3) is 0 Å². The minimum Gasteiger partial charge on any atom is -0.464 e. The SMILES string of the molecule is COC(=O)c1ncc(NS(=O)(=O)c2ccncc2)cc1F. The summed E-state index contributed by atoms with van der Waals surface area (Å²) in [7, 11) is -2.79. The summed E-state index contributed by atoms with van der Waals surface area (Å²) in [5, 5.41) is 0. The molecule has 21 heavy (non-hydrogen) atoms. The standard InChI is InChI=1S/C12H10FN3O4S/c1-20-12(17)11-10(13)6-8(7-15-11)16-21(18,19)9-2-4-14-5-3-9/h2-7,16H,1H3. The molecular weight excluding hydrogens is 301 g/mol. The first kappa shape index (κ1) is 14.9. The van der Waals surface area contributed by atoms with E-state index < -0.39 is 27.5 Å².